The van der Waals surface area contributed by atoms with Crippen molar-refractivity contribution in [1.29, 1.82) is 0 Å². The first-order valence-corrected chi connectivity index (χ1v) is 13.4. The summed E-state index contributed by atoms with van der Waals surface area (Å²) in [6, 6.07) is 10.4. The van der Waals surface area contributed by atoms with Crippen LogP contribution in [0.5, 0.6) is 0 Å². The molecular weight excluding hydrogens is 470 g/mol. The van der Waals surface area contributed by atoms with Crippen LogP contribution in [0.4, 0.5) is 4.79 Å². The molecule has 9 nitrogen and oxygen atoms in total. The summed E-state index contributed by atoms with van der Waals surface area (Å²) in [4.78, 5) is 43.8. The summed E-state index contributed by atoms with van der Waals surface area (Å²) in [5.74, 6) is -0.922. The highest BCUT2D eigenvalue weighted by Gasteiger charge is 2.57. The second kappa shape index (κ2) is 9.91. The zero-order valence-electron chi connectivity index (χ0n) is 22.8. The van der Waals surface area contributed by atoms with Crippen LogP contribution in [0.2, 0.25) is 0 Å². The standard InChI is InChI=1S/C28H43N5O4/c1-25(2,23(35)30-17-22(29)34)18-32-19-26(33(24(32)36)20-27(37)11-8-12-27)13-15-28(16-14-26,31(3)4)21-9-6-5-7-10-21/h5-7,9-10,37H,8,11-20H2,1-4H3,(H2,29,34)(H,30,35)/t26-,28+. The van der Waals surface area contributed by atoms with Crippen LogP contribution in [0.1, 0.15) is 64.4 Å². The zero-order valence-corrected chi connectivity index (χ0v) is 22.8. The minimum atomic E-state index is -0.901. The highest BCUT2D eigenvalue weighted by molar-refractivity contribution is 5.87. The maximum Gasteiger partial charge on any atom is 0.320 e. The van der Waals surface area contributed by atoms with Gasteiger partial charge in [-0.2, -0.15) is 0 Å². The van der Waals surface area contributed by atoms with Crippen LogP contribution in [0.15, 0.2) is 30.3 Å². The van der Waals surface area contributed by atoms with Crippen molar-refractivity contribution in [3.8, 4) is 0 Å². The van der Waals surface area contributed by atoms with Gasteiger partial charge in [-0.3, -0.25) is 14.5 Å². The highest BCUT2D eigenvalue weighted by Crippen LogP contribution is 2.50. The molecule has 1 saturated heterocycles. The van der Waals surface area contributed by atoms with E-state index in [0.717, 1.165) is 32.1 Å². The average Bonchev–Trinajstić information content (AvgIpc) is 3.07. The fraction of sp³-hybridized carbons (Fsp3) is 0.679. The molecule has 0 unspecified atom stereocenters. The lowest BCUT2D eigenvalue weighted by Crippen LogP contribution is -2.59. The Morgan fingerprint density at radius 3 is 2.22 bits per heavy atom. The van der Waals surface area contributed by atoms with Crippen molar-refractivity contribution < 1.29 is 19.5 Å². The van der Waals surface area contributed by atoms with Gasteiger partial charge in [0.25, 0.3) is 0 Å². The van der Waals surface area contributed by atoms with E-state index in [1.165, 1.54) is 5.56 Å². The van der Waals surface area contributed by atoms with Crippen LogP contribution >= 0.6 is 0 Å². The Balaban J connectivity index is 1.57. The molecule has 1 aromatic carbocycles. The first-order chi connectivity index (χ1) is 17.3. The third kappa shape index (κ3) is 5.21. The Morgan fingerprint density at radius 2 is 1.70 bits per heavy atom. The second-order valence-electron chi connectivity index (χ2n) is 12.4. The molecule has 1 heterocycles. The Kier molecular flexibility index (Phi) is 7.33. The number of β-amino-alcohol motifs (C(OH)–C–C–N with tert-alkyl or cyclic N) is 1. The highest BCUT2D eigenvalue weighted by atomic mass is 16.3. The normalized spacial score (nSPS) is 27.5. The first-order valence-electron chi connectivity index (χ1n) is 13.4. The molecule has 0 atom stereocenters. The van der Waals surface area contributed by atoms with Gasteiger partial charge in [-0.25, -0.2) is 4.79 Å². The Morgan fingerprint density at radius 1 is 1.08 bits per heavy atom. The van der Waals surface area contributed by atoms with Crippen molar-refractivity contribution in [3.05, 3.63) is 35.9 Å². The van der Waals surface area contributed by atoms with Gasteiger partial charge in [0.2, 0.25) is 11.8 Å². The predicted octanol–water partition coefficient (Wildman–Crippen LogP) is 2.04. The van der Waals surface area contributed by atoms with Crippen LogP contribution in [0.25, 0.3) is 0 Å². The monoisotopic (exact) mass is 513 g/mol. The number of nitrogens with one attached hydrogen (secondary N) is 1. The molecule has 204 valence electrons. The summed E-state index contributed by atoms with van der Waals surface area (Å²) in [5, 5.41) is 13.7. The van der Waals surface area contributed by atoms with E-state index in [2.05, 4.69) is 48.6 Å². The van der Waals surface area contributed by atoms with Crippen molar-refractivity contribution in [3.63, 3.8) is 0 Å². The average molecular weight is 514 g/mol. The van der Waals surface area contributed by atoms with Crippen molar-refractivity contribution in [2.24, 2.45) is 11.1 Å². The summed E-state index contributed by atoms with van der Waals surface area (Å²) in [6.07, 6.45) is 5.80. The third-order valence-corrected chi connectivity index (χ3v) is 9.09. The van der Waals surface area contributed by atoms with Crippen LogP contribution in [-0.2, 0) is 15.1 Å². The van der Waals surface area contributed by atoms with E-state index in [1.807, 2.05) is 11.0 Å². The van der Waals surface area contributed by atoms with Gasteiger partial charge in [0.1, 0.15) is 0 Å². The van der Waals surface area contributed by atoms with Gasteiger partial charge in [-0.1, -0.05) is 30.3 Å². The van der Waals surface area contributed by atoms with Gasteiger partial charge in [0.05, 0.1) is 29.6 Å². The summed E-state index contributed by atoms with van der Waals surface area (Å²) >= 11 is 0. The fourth-order valence-electron chi connectivity index (χ4n) is 6.53. The Bertz CT molecular complexity index is 1010. The quantitative estimate of drug-likeness (QED) is 0.467. The molecule has 1 aromatic rings. The lowest BCUT2D eigenvalue weighted by molar-refractivity contribution is -0.131. The van der Waals surface area contributed by atoms with E-state index in [-0.39, 0.29) is 30.6 Å². The van der Waals surface area contributed by atoms with E-state index in [4.69, 9.17) is 5.73 Å². The predicted molar refractivity (Wildman–Crippen MR) is 141 cm³/mol. The van der Waals surface area contributed by atoms with Crippen LogP contribution in [0, 0.1) is 5.41 Å². The number of carbonyl (C=O) groups excluding carboxylic acids is 3. The molecule has 3 fully saturated rings. The minimum absolute atomic E-state index is 0.115. The van der Waals surface area contributed by atoms with Crippen molar-refractivity contribution in [1.82, 2.24) is 20.0 Å². The summed E-state index contributed by atoms with van der Waals surface area (Å²) in [5.41, 5.74) is 4.24. The summed E-state index contributed by atoms with van der Waals surface area (Å²) in [7, 11) is 4.25. The lowest BCUT2D eigenvalue weighted by Gasteiger charge is -2.52. The van der Waals surface area contributed by atoms with E-state index in [9.17, 15) is 19.5 Å². The molecule has 0 bridgehead atoms. The number of nitrogens with zero attached hydrogens (tertiary/aromatic N) is 3. The van der Waals surface area contributed by atoms with Crippen molar-refractivity contribution in [2.75, 3.05) is 40.3 Å². The molecule has 2 aliphatic carbocycles. The van der Waals surface area contributed by atoms with Gasteiger partial charge < -0.3 is 26.0 Å². The van der Waals surface area contributed by atoms with Gasteiger partial charge in [0, 0.05) is 18.6 Å². The van der Waals surface area contributed by atoms with E-state index < -0.39 is 22.5 Å². The SMILES string of the molecule is CN(C)[C@]1(c2ccccc2)CC[C@]2(CC1)CN(CC(C)(C)C(=O)NCC(N)=O)C(=O)N2CC1(O)CCC1. The molecule has 0 radical (unpaired) electrons. The first kappa shape index (κ1) is 27.4. The number of benzene rings is 1. The number of urea groups is 1. The molecule has 3 aliphatic rings. The third-order valence-electron chi connectivity index (χ3n) is 9.09. The molecule has 0 aromatic heterocycles. The van der Waals surface area contributed by atoms with Gasteiger partial charge in [0.15, 0.2) is 0 Å². The van der Waals surface area contributed by atoms with Crippen LogP contribution in [0.3, 0.4) is 0 Å². The van der Waals surface area contributed by atoms with E-state index >= 15 is 0 Å². The number of rotatable bonds is 9. The second-order valence-corrected chi connectivity index (χ2v) is 12.4. The summed E-state index contributed by atoms with van der Waals surface area (Å²) < 4.78 is 0. The molecule has 4 amide bonds. The molecule has 1 spiro atoms. The summed E-state index contributed by atoms with van der Waals surface area (Å²) in [6.45, 7) is 4.40. The number of hydrogen-bond acceptors (Lipinski definition) is 5. The maximum absolute atomic E-state index is 13.9. The largest absolute Gasteiger partial charge is 0.388 e. The van der Waals surface area contributed by atoms with Crippen molar-refractivity contribution >= 4 is 17.8 Å². The zero-order chi connectivity index (χ0) is 27.1. The Hall–Kier alpha value is -2.65. The van der Waals surface area contributed by atoms with E-state index in [0.29, 0.717) is 25.9 Å². The molecule has 9 heteroatoms. The van der Waals surface area contributed by atoms with Gasteiger partial charge in [-0.15, -0.1) is 0 Å². The molecule has 37 heavy (non-hydrogen) atoms. The molecule has 4 rings (SSSR count). The Labute approximate surface area is 220 Å². The number of aliphatic hydroxyl groups is 1. The number of primary amides is 1. The molecule has 1 aliphatic heterocycles. The van der Waals surface area contributed by atoms with Crippen LogP contribution < -0.4 is 11.1 Å². The van der Waals surface area contributed by atoms with Crippen LogP contribution in [-0.4, -0.2) is 89.1 Å². The maximum atomic E-state index is 13.9. The number of carbonyl (C=O) groups is 3. The van der Waals surface area contributed by atoms with E-state index in [1.54, 1.807) is 18.7 Å². The molecule has 4 N–H and O–H groups in total. The number of nitrogens with two attached hydrogens (primary N) is 1. The smallest absolute Gasteiger partial charge is 0.320 e. The molecule has 2 saturated carbocycles. The number of hydrogen-bond donors (Lipinski definition) is 3. The van der Waals surface area contributed by atoms with Crippen molar-refractivity contribution in [2.45, 2.75) is 75.5 Å². The number of amides is 4. The molecular formula is C28H43N5O4. The topological polar surface area (TPSA) is 119 Å². The minimum Gasteiger partial charge on any atom is -0.388 e. The van der Waals surface area contributed by atoms with Gasteiger partial charge in [-0.05, 0) is 78.5 Å². The lowest BCUT2D eigenvalue weighted by atomic mass is 9.67. The fourth-order valence-corrected chi connectivity index (χ4v) is 6.53. The van der Waals surface area contributed by atoms with Gasteiger partial charge >= 0.3 is 6.03 Å².